The molecule has 1 aromatic heterocycles. The zero-order valence-corrected chi connectivity index (χ0v) is 12.8. The molecule has 0 spiro atoms. The first-order valence-electron chi connectivity index (χ1n) is 6.52. The number of halogens is 2. The topological polar surface area (TPSA) is 29.0 Å². The molecule has 1 aromatic rings. The van der Waals surface area contributed by atoms with Gasteiger partial charge in [0.25, 0.3) is 0 Å². The second-order valence-electron chi connectivity index (χ2n) is 5.62. The summed E-state index contributed by atoms with van der Waals surface area (Å²) < 4.78 is 0.803. The summed E-state index contributed by atoms with van der Waals surface area (Å²) in [4.78, 5) is 10.5. The van der Waals surface area contributed by atoms with Gasteiger partial charge in [-0.3, -0.25) is 0 Å². The molecule has 0 N–H and O–H groups in total. The van der Waals surface area contributed by atoms with E-state index in [-0.39, 0.29) is 0 Å². The molecule has 3 unspecified atom stereocenters. The lowest BCUT2D eigenvalue weighted by atomic mass is 9.88. The summed E-state index contributed by atoms with van der Waals surface area (Å²) in [6.45, 7) is 1.08. The fraction of sp³-hybridized carbons (Fsp3) is 0.692. The first-order chi connectivity index (χ1) is 8.65. The van der Waals surface area contributed by atoms with E-state index in [0.717, 1.165) is 34.6 Å². The number of hydrogen-bond acceptors (Lipinski definition) is 3. The predicted molar refractivity (Wildman–Crippen MR) is 77.0 cm³/mol. The van der Waals surface area contributed by atoms with E-state index in [9.17, 15) is 0 Å². The zero-order valence-electron chi connectivity index (χ0n) is 10.4. The van der Waals surface area contributed by atoms with Gasteiger partial charge in [-0.15, -0.1) is 0 Å². The van der Waals surface area contributed by atoms with Gasteiger partial charge in [0, 0.05) is 13.6 Å². The third kappa shape index (κ3) is 2.25. The number of fused-ring (bicyclic) bond motifs is 2. The Kier molecular flexibility index (Phi) is 3.50. The molecular weight excluding hydrogens is 314 g/mol. The molecule has 2 aliphatic rings. The van der Waals surface area contributed by atoms with Crippen LogP contribution in [0.1, 0.15) is 25.7 Å². The van der Waals surface area contributed by atoms with Crippen molar-refractivity contribution in [2.75, 3.05) is 18.5 Å². The molecule has 2 aliphatic carbocycles. The Hall–Kier alpha value is -0.350. The van der Waals surface area contributed by atoms with Gasteiger partial charge in [0.05, 0.1) is 4.47 Å². The van der Waals surface area contributed by atoms with Crippen molar-refractivity contribution in [2.24, 2.45) is 17.8 Å². The molecule has 3 atom stereocenters. The molecule has 3 rings (SSSR count). The summed E-state index contributed by atoms with van der Waals surface area (Å²) in [5, 5.41) is 0.486. The normalized spacial score (nSPS) is 29.8. The quantitative estimate of drug-likeness (QED) is 0.790. The highest BCUT2D eigenvalue weighted by molar-refractivity contribution is 9.10. The minimum Gasteiger partial charge on any atom is -0.358 e. The van der Waals surface area contributed by atoms with E-state index in [1.54, 1.807) is 0 Å². The van der Waals surface area contributed by atoms with Crippen molar-refractivity contribution in [1.29, 1.82) is 0 Å². The lowest BCUT2D eigenvalue weighted by molar-refractivity contribution is 0.337. The molecule has 0 aliphatic heterocycles. The Balaban J connectivity index is 1.71. The Morgan fingerprint density at radius 3 is 2.89 bits per heavy atom. The van der Waals surface area contributed by atoms with E-state index in [0.29, 0.717) is 5.15 Å². The summed E-state index contributed by atoms with van der Waals surface area (Å²) in [6, 6.07) is 0. The van der Waals surface area contributed by atoms with Gasteiger partial charge in [-0.1, -0.05) is 18.0 Å². The van der Waals surface area contributed by atoms with Crippen LogP contribution in [-0.4, -0.2) is 23.6 Å². The van der Waals surface area contributed by atoms with Crippen molar-refractivity contribution < 1.29 is 0 Å². The number of hydrogen-bond donors (Lipinski definition) is 0. The molecule has 98 valence electrons. The van der Waals surface area contributed by atoms with Crippen molar-refractivity contribution in [3.63, 3.8) is 0 Å². The maximum Gasteiger partial charge on any atom is 0.148 e. The number of aromatic nitrogens is 2. The van der Waals surface area contributed by atoms with E-state index >= 15 is 0 Å². The molecule has 18 heavy (non-hydrogen) atoms. The maximum atomic E-state index is 6.01. The van der Waals surface area contributed by atoms with E-state index < -0.39 is 0 Å². The van der Waals surface area contributed by atoms with Gasteiger partial charge in [0.2, 0.25) is 0 Å². The minimum absolute atomic E-state index is 0.486. The first kappa shape index (κ1) is 12.7. The SMILES string of the molecule is CN(CC1CC2CCC1C2)c1ncnc(Cl)c1Br. The van der Waals surface area contributed by atoms with Crippen molar-refractivity contribution in [1.82, 2.24) is 9.97 Å². The highest BCUT2D eigenvalue weighted by atomic mass is 79.9. The van der Waals surface area contributed by atoms with Crippen LogP contribution in [0.2, 0.25) is 5.15 Å². The van der Waals surface area contributed by atoms with Crippen LogP contribution in [0.15, 0.2) is 10.8 Å². The van der Waals surface area contributed by atoms with Crippen LogP contribution in [-0.2, 0) is 0 Å². The van der Waals surface area contributed by atoms with Crippen LogP contribution in [0.4, 0.5) is 5.82 Å². The Morgan fingerprint density at radius 1 is 1.39 bits per heavy atom. The van der Waals surface area contributed by atoms with Gasteiger partial charge in [0.15, 0.2) is 0 Å². The van der Waals surface area contributed by atoms with Gasteiger partial charge in [-0.25, -0.2) is 9.97 Å². The molecule has 0 aromatic carbocycles. The Bertz CT molecular complexity index is 454. The molecule has 2 saturated carbocycles. The molecule has 5 heteroatoms. The Morgan fingerprint density at radius 2 is 2.22 bits per heavy atom. The fourth-order valence-corrected chi connectivity index (χ4v) is 4.28. The minimum atomic E-state index is 0.486. The lowest BCUT2D eigenvalue weighted by Gasteiger charge is -2.28. The van der Waals surface area contributed by atoms with E-state index in [1.165, 1.54) is 32.0 Å². The number of nitrogens with zero attached hydrogens (tertiary/aromatic N) is 3. The van der Waals surface area contributed by atoms with Gasteiger partial charge < -0.3 is 4.90 Å². The van der Waals surface area contributed by atoms with Crippen LogP contribution < -0.4 is 4.90 Å². The molecule has 2 fully saturated rings. The van der Waals surface area contributed by atoms with Crippen LogP contribution in [0.3, 0.4) is 0 Å². The summed E-state index contributed by atoms with van der Waals surface area (Å²) in [6.07, 6.45) is 7.25. The summed E-state index contributed by atoms with van der Waals surface area (Å²) >= 11 is 9.49. The number of rotatable bonds is 3. The van der Waals surface area contributed by atoms with Crippen molar-refractivity contribution >= 4 is 33.3 Å². The van der Waals surface area contributed by atoms with Gasteiger partial charge in [-0.2, -0.15) is 0 Å². The largest absolute Gasteiger partial charge is 0.358 e. The van der Waals surface area contributed by atoms with Crippen LogP contribution in [0.5, 0.6) is 0 Å². The van der Waals surface area contributed by atoms with Crippen LogP contribution in [0.25, 0.3) is 0 Å². The predicted octanol–water partition coefficient (Wildman–Crippen LogP) is 3.76. The molecule has 2 bridgehead atoms. The smallest absolute Gasteiger partial charge is 0.148 e. The van der Waals surface area contributed by atoms with Crippen LogP contribution >= 0.6 is 27.5 Å². The van der Waals surface area contributed by atoms with Crippen molar-refractivity contribution in [3.8, 4) is 0 Å². The number of anilines is 1. The standard InChI is InChI=1S/C13H17BrClN3/c1-18(13-11(14)12(15)16-7-17-13)6-10-5-8-2-3-9(10)4-8/h7-10H,2-6H2,1H3. The van der Waals surface area contributed by atoms with E-state index in [2.05, 4.69) is 37.8 Å². The first-order valence-corrected chi connectivity index (χ1v) is 7.69. The average Bonchev–Trinajstić information content (AvgIpc) is 2.94. The molecule has 0 radical (unpaired) electrons. The highest BCUT2D eigenvalue weighted by Crippen LogP contribution is 2.48. The third-order valence-electron chi connectivity index (χ3n) is 4.48. The molecule has 1 heterocycles. The molecular formula is C13H17BrClN3. The van der Waals surface area contributed by atoms with Gasteiger partial charge in [0.1, 0.15) is 17.3 Å². The molecule has 0 amide bonds. The molecule has 3 nitrogen and oxygen atoms in total. The van der Waals surface area contributed by atoms with Crippen LogP contribution in [0, 0.1) is 17.8 Å². The second-order valence-corrected chi connectivity index (χ2v) is 6.77. The van der Waals surface area contributed by atoms with E-state index in [4.69, 9.17) is 11.6 Å². The average molecular weight is 331 g/mol. The zero-order chi connectivity index (χ0) is 12.7. The van der Waals surface area contributed by atoms with Crippen molar-refractivity contribution in [3.05, 3.63) is 16.0 Å². The third-order valence-corrected chi connectivity index (χ3v) is 5.73. The monoisotopic (exact) mass is 329 g/mol. The summed E-state index contributed by atoms with van der Waals surface area (Å²) in [7, 11) is 2.09. The maximum absolute atomic E-state index is 6.01. The summed E-state index contributed by atoms with van der Waals surface area (Å²) in [5.74, 6) is 3.66. The lowest BCUT2D eigenvalue weighted by Crippen LogP contribution is -2.29. The van der Waals surface area contributed by atoms with Crippen molar-refractivity contribution in [2.45, 2.75) is 25.7 Å². The highest BCUT2D eigenvalue weighted by Gasteiger charge is 2.39. The fourth-order valence-electron chi connectivity index (χ4n) is 3.64. The van der Waals surface area contributed by atoms with Gasteiger partial charge in [-0.05, 0) is 52.9 Å². The van der Waals surface area contributed by atoms with E-state index in [1.807, 2.05) is 0 Å². The summed E-state index contributed by atoms with van der Waals surface area (Å²) in [5.41, 5.74) is 0. The second kappa shape index (κ2) is 4.97. The van der Waals surface area contributed by atoms with Gasteiger partial charge >= 0.3 is 0 Å². The Labute approximate surface area is 121 Å². The molecule has 0 saturated heterocycles.